The molecule has 0 radical (unpaired) electrons. The van der Waals surface area contributed by atoms with Crippen LogP contribution in [-0.4, -0.2) is 35.4 Å². The molecule has 0 bridgehead atoms. The summed E-state index contributed by atoms with van der Waals surface area (Å²) in [7, 11) is 0. The van der Waals surface area contributed by atoms with Crippen LogP contribution in [0.3, 0.4) is 0 Å². The van der Waals surface area contributed by atoms with Gasteiger partial charge in [-0.1, -0.05) is 37.3 Å². The van der Waals surface area contributed by atoms with Crippen molar-refractivity contribution in [3.05, 3.63) is 58.1 Å². The van der Waals surface area contributed by atoms with Crippen LogP contribution in [0, 0.1) is 16.0 Å². The Balaban J connectivity index is 1.72. The van der Waals surface area contributed by atoms with Crippen molar-refractivity contribution in [3.8, 4) is 0 Å². The summed E-state index contributed by atoms with van der Waals surface area (Å²) >= 11 is 1.46. The second-order valence-corrected chi connectivity index (χ2v) is 8.94. The van der Waals surface area contributed by atoms with Crippen molar-refractivity contribution in [2.45, 2.75) is 26.7 Å². The lowest BCUT2D eigenvalue weighted by atomic mass is 10.1. The molecule has 0 aliphatic carbocycles. The fourth-order valence-corrected chi connectivity index (χ4v) is 4.75. The molecule has 30 heavy (non-hydrogen) atoms. The largest absolute Gasteiger partial charge is 0.366 e. The van der Waals surface area contributed by atoms with Crippen molar-refractivity contribution in [2.75, 3.05) is 29.4 Å². The van der Waals surface area contributed by atoms with Crippen LogP contribution >= 0.6 is 11.3 Å². The molecule has 1 aromatic heterocycles. The van der Waals surface area contributed by atoms with E-state index in [4.69, 9.17) is 0 Å². The monoisotopic (exact) mass is 424 g/mol. The zero-order valence-electron chi connectivity index (χ0n) is 17.1. The number of nitro groups is 1. The highest BCUT2D eigenvalue weighted by Crippen LogP contribution is 2.34. The molecule has 0 saturated carbocycles. The smallest absolute Gasteiger partial charge is 0.293 e. The van der Waals surface area contributed by atoms with Crippen LogP contribution in [0.4, 0.5) is 16.5 Å². The summed E-state index contributed by atoms with van der Waals surface area (Å²) in [6.07, 6.45) is 2.05. The quantitative estimate of drug-likeness (QED) is 0.406. The molecule has 2 aromatic carbocycles. The van der Waals surface area contributed by atoms with Gasteiger partial charge < -0.3 is 4.90 Å². The van der Waals surface area contributed by atoms with Gasteiger partial charge >= 0.3 is 0 Å². The van der Waals surface area contributed by atoms with Crippen LogP contribution in [0.2, 0.25) is 0 Å². The first kappa shape index (κ1) is 20.3. The molecule has 3 aromatic rings. The van der Waals surface area contributed by atoms with E-state index >= 15 is 0 Å². The minimum atomic E-state index is -0.394. The Morgan fingerprint density at radius 3 is 2.63 bits per heavy atom. The standard InChI is InChI=1S/C22H24N4O3S/c1-15(2)14-25(22-23-17-7-3-4-8-20(17)30-22)21(27)16-9-10-18(19(13-16)26(28)29)24-11-5-6-12-24/h3-4,7-10,13,15H,5-6,11-12,14H2,1-2H3. The van der Waals surface area contributed by atoms with E-state index in [0.29, 0.717) is 22.9 Å². The molecule has 0 unspecified atom stereocenters. The van der Waals surface area contributed by atoms with E-state index in [-0.39, 0.29) is 17.5 Å². The van der Waals surface area contributed by atoms with Crippen LogP contribution in [0.5, 0.6) is 0 Å². The second-order valence-electron chi connectivity index (χ2n) is 7.93. The number of anilines is 2. The number of aromatic nitrogens is 1. The van der Waals surface area contributed by atoms with Gasteiger partial charge in [0.1, 0.15) is 5.69 Å². The number of hydrogen-bond acceptors (Lipinski definition) is 6. The fourth-order valence-electron chi connectivity index (χ4n) is 3.77. The lowest BCUT2D eigenvalue weighted by Crippen LogP contribution is -2.34. The summed E-state index contributed by atoms with van der Waals surface area (Å²) in [4.78, 5) is 33.1. The lowest BCUT2D eigenvalue weighted by molar-refractivity contribution is -0.384. The Morgan fingerprint density at radius 1 is 1.23 bits per heavy atom. The summed E-state index contributed by atoms with van der Waals surface area (Å²) < 4.78 is 1.00. The summed E-state index contributed by atoms with van der Waals surface area (Å²) in [5.41, 5.74) is 1.72. The van der Waals surface area contributed by atoms with Crippen LogP contribution in [0.15, 0.2) is 42.5 Å². The highest BCUT2D eigenvalue weighted by molar-refractivity contribution is 7.22. The average molecular weight is 425 g/mol. The topological polar surface area (TPSA) is 79.6 Å². The van der Waals surface area contributed by atoms with E-state index < -0.39 is 4.92 Å². The van der Waals surface area contributed by atoms with Crippen molar-refractivity contribution in [3.63, 3.8) is 0 Å². The van der Waals surface area contributed by atoms with Crippen LogP contribution in [0.1, 0.15) is 37.0 Å². The van der Waals surface area contributed by atoms with Gasteiger partial charge in [-0.15, -0.1) is 0 Å². The summed E-state index contributed by atoms with van der Waals surface area (Å²) in [6.45, 7) is 6.16. The lowest BCUT2D eigenvalue weighted by Gasteiger charge is -2.23. The summed E-state index contributed by atoms with van der Waals surface area (Å²) in [5, 5.41) is 12.3. The number of nitrogens with zero attached hydrogens (tertiary/aromatic N) is 4. The Bertz CT molecular complexity index is 1060. The Hall–Kier alpha value is -3.00. The first-order valence-electron chi connectivity index (χ1n) is 10.1. The van der Waals surface area contributed by atoms with Gasteiger partial charge in [0.2, 0.25) is 0 Å². The molecule has 0 spiro atoms. The zero-order valence-corrected chi connectivity index (χ0v) is 17.9. The number of carbonyl (C=O) groups excluding carboxylic acids is 1. The predicted molar refractivity (Wildman–Crippen MR) is 121 cm³/mol. The minimum Gasteiger partial charge on any atom is -0.366 e. The van der Waals surface area contributed by atoms with E-state index in [9.17, 15) is 14.9 Å². The number of nitro benzene ring substituents is 1. The van der Waals surface area contributed by atoms with Crippen molar-refractivity contribution < 1.29 is 9.72 Å². The molecular formula is C22H24N4O3S. The van der Waals surface area contributed by atoms with Crippen molar-refractivity contribution in [2.24, 2.45) is 5.92 Å². The van der Waals surface area contributed by atoms with Gasteiger partial charge in [-0.05, 0) is 43.0 Å². The van der Waals surface area contributed by atoms with Gasteiger partial charge in [-0.25, -0.2) is 4.98 Å². The summed E-state index contributed by atoms with van der Waals surface area (Å²) in [6, 6.07) is 12.6. The highest BCUT2D eigenvalue weighted by Gasteiger charge is 2.27. The number of amides is 1. The Kier molecular flexibility index (Phi) is 5.67. The Labute approximate surface area is 179 Å². The molecule has 1 amide bonds. The third-order valence-corrected chi connectivity index (χ3v) is 6.23. The zero-order chi connectivity index (χ0) is 21.3. The number of benzene rings is 2. The third kappa shape index (κ3) is 4.00. The van der Waals surface area contributed by atoms with Gasteiger partial charge in [-0.3, -0.25) is 19.8 Å². The van der Waals surface area contributed by atoms with E-state index in [2.05, 4.69) is 4.98 Å². The van der Waals surface area contributed by atoms with Crippen LogP contribution in [0.25, 0.3) is 10.2 Å². The maximum Gasteiger partial charge on any atom is 0.293 e. The molecule has 0 N–H and O–H groups in total. The van der Waals surface area contributed by atoms with Crippen molar-refractivity contribution in [1.29, 1.82) is 0 Å². The number of carbonyl (C=O) groups is 1. The molecule has 1 aliphatic heterocycles. The molecule has 7 nitrogen and oxygen atoms in total. The molecule has 1 saturated heterocycles. The molecular weight excluding hydrogens is 400 g/mol. The minimum absolute atomic E-state index is 0.0171. The number of fused-ring (bicyclic) bond motifs is 1. The van der Waals surface area contributed by atoms with Gasteiger partial charge in [-0.2, -0.15) is 0 Å². The maximum absolute atomic E-state index is 13.4. The van der Waals surface area contributed by atoms with E-state index in [1.54, 1.807) is 17.0 Å². The first-order chi connectivity index (χ1) is 14.4. The van der Waals surface area contributed by atoms with Crippen molar-refractivity contribution in [1.82, 2.24) is 4.98 Å². The second kappa shape index (κ2) is 8.39. The molecule has 1 aliphatic rings. The van der Waals surface area contributed by atoms with E-state index in [0.717, 1.165) is 36.1 Å². The van der Waals surface area contributed by atoms with E-state index in [1.807, 2.05) is 43.0 Å². The van der Waals surface area contributed by atoms with Gasteiger partial charge in [0, 0.05) is 31.3 Å². The number of rotatable bonds is 6. The first-order valence-corrected chi connectivity index (χ1v) is 11.0. The van der Waals surface area contributed by atoms with Crippen LogP contribution < -0.4 is 9.80 Å². The maximum atomic E-state index is 13.4. The van der Waals surface area contributed by atoms with Crippen molar-refractivity contribution >= 4 is 44.0 Å². The fraction of sp³-hybridized carbons (Fsp3) is 0.364. The van der Waals surface area contributed by atoms with Crippen LogP contribution in [-0.2, 0) is 0 Å². The van der Waals surface area contributed by atoms with E-state index in [1.165, 1.54) is 17.4 Å². The normalized spacial score (nSPS) is 13.9. The molecule has 8 heteroatoms. The number of para-hydroxylation sites is 1. The molecule has 4 rings (SSSR count). The number of thiazole rings is 1. The summed E-state index contributed by atoms with van der Waals surface area (Å²) in [5.74, 6) is -0.0429. The molecule has 156 valence electrons. The van der Waals surface area contributed by atoms with Gasteiger partial charge in [0.25, 0.3) is 11.6 Å². The predicted octanol–water partition coefficient (Wildman–Crippen LogP) is 5.11. The average Bonchev–Trinajstić information content (AvgIpc) is 3.40. The molecule has 1 fully saturated rings. The molecule has 2 heterocycles. The molecule has 0 atom stereocenters. The highest BCUT2D eigenvalue weighted by atomic mass is 32.1. The Morgan fingerprint density at radius 2 is 1.97 bits per heavy atom. The van der Waals surface area contributed by atoms with Gasteiger partial charge in [0.15, 0.2) is 5.13 Å². The van der Waals surface area contributed by atoms with Gasteiger partial charge in [0.05, 0.1) is 15.1 Å². The number of hydrogen-bond donors (Lipinski definition) is 0. The third-order valence-electron chi connectivity index (χ3n) is 5.17. The SMILES string of the molecule is CC(C)CN(C(=O)c1ccc(N2CCCC2)c([N+](=O)[O-])c1)c1nc2ccccc2s1.